The van der Waals surface area contributed by atoms with Crippen LogP contribution in [0.3, 0.4) is 0 Å². The summed E-state index contributed by atoms with van der Waals surface area (Å²) in [6.07, 6.45) is 10.8. The lowest BCUT2D eigenvalue weighted by atomic mass is 10.1. The fourth-order valence-corrected chi connectivity index (χ4v) is 4.11. The molecule has 0 aromatic carbocycles. The highest BCUT2D eigenvalue weighted by Crippen LogP contribution is 2.19. The van der Waals surface area contributed by atoms with Gasteiger partial charge in [0.15, 0.2) is 5.96 Å². The summed E-state index contributed by atoms with van der Waals surface area (Å²) in [4.78, 5) is 9.87. The number of nitrogens with zero attached hydrogens (tertiary/aromatic N) is 3. The molecule has 6 heteroatoms. The Labute approximate surface area is 173 Å². The summed E-state index contributed by atoms with van der Waals surface area (Å²) in [7, 11) is 0. The summed E-state index contributed by atoms with van der Waals surface area (Å²) >= 11 is 0. The highest BCUT2D eigenvalue weighted by atomic mass is 16.5. The van der Waals surface area contributed by atoms with Gasteiger partial charge in [-0.1, -0.05) is 32.6 Å². The third-order valence-corrected chi connectivity index (χ3v) is 5.96. The first kappa shape index (κ1) is 23.4. The molecule has 1 heterocycles. The zero-order valence-electron chi connectivity index (χ0n) is 18.6. The number of ether oxygens (including phenoxy) is 1. The van der Waals surface area contributed by atoms with Gasteiger partial charge in [-0.3, -0.25) is 4.99 Å². The summed E-state index contributed by atoms with van der Waals surface area (Å²) < 4.78 is 6.06. The molecule has 1 saturated heterocycles. The van der Waals surface area contributed by atoms with Gasteiger partial charge in [-0.2, -0.15) is 0 Å². The molecule has 1 aliphatic heterocycles. The summed E-state index contributed by atoms with van der Waals surface area (Å²) in [5.41, 5.74) is 0. The normalized spacial score (nSPS) is 20.9. The average molecular weight is 396 g/mol. The topological polar surface area (TPSA) is 52.1 Å². The molecule has 0 bridgehead atoms. The van der Waals surface area contributed by atoms with Gasteiger partial charge in [-0.15, -0.1) is 0 Å². The number of hydrogen-bond acceptors (Lipinski definition) is 4. The van der Waals surface area contributed by atoms with Crippen molar-refractivity contribution in [1.29, 1.82) is 0 Å². The van der Waals surface area contributed by atoms with Crippen molar-refractivity contribution >= 4 is 5.96 Å². The number of unbranched alkanes of at least 4 members (excludes halogenated alkanes) is 1. The van der Waals surface area contributed by atoms with Gasteiger partial charge in [0.05, 0.1) is 12.7 Å². The smallest absolute Gasteiger partial charge is 0.191 e. The van der Waals surface area contributed by atoms with Crippen LogP contribution in [-0.2, 0) is 4.74 Å². The molecule has 0 aromatic rings. The van der Waals surface area contributed by atoms with Crippen LogP contribution in [0.15, 0.2) is 4.99 Å². The Morgan fingerprint density at radius 1 is 0.929 bits per heavy atom. The van der Waals surface area contributed by atoms with Gasteiger partial charge >= 0.3 is 0 Å². The third-order valence-electron chi connectivity index (χ3n) is 5.96. The summed E-state index contributed by atoms with van der Waals surface area (Å²) in [5.74, 6) is 0.934. The molecule has 0 aromatic heterocycles. The molecule has 0 spiro atoms. The van der Waals surface area contributed by atoms with E-state index in [2.05, 4.69) is 34.3 Å². The molecule has 2 N–H and O–H groups in total. The third kappa shape index (κ3) is 10.1. The minimum Gasteiger partial charge on any atom is -0.376 e. The van der Waals surface area contributed by atoms with Gasteiger partial charge in [-0.25, -0.2) is 0 Å². The van der Waals surface area contributed by atoms with E-state index in [1.54, 1.807) is 0 Å². The molecule has 164 valence electrons. The standard InChI is InChI=1S/C22H45N5O/c1-3-23-22(25-14-20-28-21-11-7-5-6-8-12-21)24-13-9-10-15-27-18-16-26(4-2)17-19-27/h21H,3-20H2,1-2H3,(H2,23,24,25). The monoisotopic (exact) mass is 395 g/mol. The lowest BCUT2D eigenvalue weighted by molar-refractivity contribution is 0.0468. The van der Waals surface area contributed by atoms with E-state index >= 15 is 0 Å². The van der Waals surface area contributed by atoms with Gasteiger partial charge in [0.1, 0.15) is 0 Å². The highest BCUT2D eigenvalue weighted by Gasteiger charge is 2.14. The second-order valence-electron chi connectivity index (χ2n) is 8.15. The first-order valence-corrected chi connectivity index (χ1v) is 11.9. The zero-order chi connectivity index (χ0) is 19.9. The molecule has 28 heavy (non-hydrogen) atoms. The number of piperazine rings is 1. The number of hydrogen-bond donors (Lipinski definition) is 2. The Balaban J connectivity index is 1.53. The van der Waals surface area contributed by atoms with Crippen molar-refractivity contribution in [2.45, 2.75) is 71.3 Å². The highest BCUT2D eigenvalue weighted by molar-refractivity contribution is 5.79. The van der Waals surface area contributed by atoms with Crippen LogP contribution in [-0.4, -0.2) is 87.4 Å². The Morgan fingerprint density at radius 2 is 1.64 bits per heavy atom. The first-order chi connectivity index (χ1) is 13.8. The Morgan fingerprint density at radius 3 is 2.32 bits per heavy atom. The van der Waals surface area contributed by atoms with E-state index in [1.807, 2.05) is 0 Å². The fourth-order valence-electron chi connectivity index (χ4n) is 4.11. The number of guanidine groups is 1. The SMILES string of the molecule is CCNC(=NCCCCN1CCN(CC)CC1)NCCOC1CCCCCC1. The van der Waals surface area contributed by atoms with E-state index in [-0.39, 0.29) is 0 Å². The quantitative estimate of drug-likeness (QED) is 0.244. The molecular formula is C22H45N5O. The van der Waals surface area contributed by atoms with Gasteiger partial charge in [0, 0.05) is 45.8 Å². The molecule has 0 radical (unpaired) electrons. The average Bonchev–Trinajstić information content (AvgIpc) is 3.00. The number of aliphatic imine (C=N–C) groups is 1. The molecule has 0 unspecified atom stereocenters. The predicted octanol–water partition coefficient (Wildman–Crippen LogP) is 2.70. The minimum atomic E-state index is 0.475. The van der Waals surface area contributed by atoms with Crippen molar-refractivity contribution in [3.63, 3.8) is 0 Å². The summed E-state index contributed by atoms with van der Waals surface area (Å²) in [5, 5.41) is 6.78. The van der Waals surface area contributed by atoms with Crippen LogP contribution in [0.2, 0.25) is 0 Å². The van der Waals surface area contributed by atoms with Crippen molar-refractivity contribution < 1.29 is 4.74 Å². The number of nitrogens with one attached hydrogen (secondary N) is 2. The van der Waals surface area contributed by atoms with E-state index in [0.717, 1.165) is 38.6 Å². The van der Waals surface area contributed by atoms with E-state index in [4.69, 9.17) is 9.73 Å². The predicted molar refractivity (Wildman–Crippen MR) is 119 cm³/mol. The first-order valence-electron chi connectivity index (χ1n) is 11.9. The molecule has 0 atom stereocenters. The van der Waals surface area contributed by atoms with Crippen molar-refractivity contribution in [3.05, 3.63) is 0 Å². The van der Waals surface area contributed by atoms with Crippen molar-refractivity contribution in [1.82, 2.24) is 20.4 Å². The second kappa shape index (κ2) is 15.1. The van der Waals surface area contributed by atoms with Crippen LogP contribution in [0.25, 0.3) is 0 Å². The van der Waals surface area contributed by atoms with Crippen LogP contribution < -0.4 is 10.6 Å². The van der Waals surface area contributed by atoms with E-state index in [9.17, 15) is 0 Å². The van der Waals surface area contributed by atoms with Crippen LogP contribution in [0.1, 0.15) is 65.2 Å². The molecule has 2 rings (SSSR count). The molecule has 0 amide bonds. The van der Waals surface area contributed by atoms with Crippen LogP contribution >= 0.6 is 0 Å². The summed E-state index contributed by atoms with van der Waals surface area (Å²) in [6.45, 7) is 15.1. The van der Waals surface area contributed by atoms with Gasteiger partial charge in [-0.05, 0) is 45.7 Å². The lowest BCUT2D eigenvalue weighted by Gasteiger charge is -2.33. The molecule has 1 saturated carbocycles. The van der Waals surface area contributed by atoms with Gasteiger partial charge < -0.3 is 25.2 Å². The van der Waals surface area contributed by atoms with E-state index in [0.29, 0.717) is 6.10 Å². The van der Waals surface area contributed by atoms with E-state index in [1.165, 1.54) is 84.2 Å². The maximum atomic E-state index is 6.06. The molecule has 2 aliphatic rings. The Hall–Kier alpha value is -0.850. The van der Waals surface area contributed by atoms with Crippen LogP contribution in [0, 0.1) is 0 Å². The second-order valence-corrected chi connectivity index (χ2v) is 8.15. The van der Waals surface area contributed by atoms with Gasteiger partial charge in [0.25, 0.3) is 0 Å². The largest absolute Gasteiger partial charge is 0.376 e. The molecule has 6 nitrogen and oxygen atoms in total. The molecule has 1 aliphatic carbocycles. The number of rotatable bonds is 11. The Bertz CT molecular complexity index is 402. The number of likely N-dealkylation sites (N-methyl/N-ethyl adjacent to an activating group) is 1. The molecule has 2 fully saturated rings. The zero-order valence-corrected chi connectivity index (χ0v) is 18.6. The minimum absolute atomic E-state index is 0.475. The van der Waals surface area contributed by atoms with Crippen molar-refractivity contribution in [2.75, 3.05) is 65.5 Å². The fraction of sp³-hybridized carbons (Fsp3) is 0.955. The lowest BCUT2D eigenvalue weighted by Crippen LogP contribution is -2.46. The van der Waals surface area contributed by atoms with E-state index < -0.39 is 0 Å². The maximum absolute atomic E-state index is 6.06. The van der Waals surface area contributed by atoms with Crippen LogP contribution in [0.5, 0.6) is 0 Å². The van der Waals surface area contributed by atoms with Crippen LogP contribution in [0.4, 0.5) is 0 Å². The molecular weight excluding hydrogens is 350 g/mol. The maximum Gasteiger partial charge on any atom is 0.191 e. The summed E-state index contributed by atoms with van der Waals surface area (Å²) in [6, 6.07) is 0. The Kier molecular flexibility index (Phi) is 12.6. The van der Waals surface area contributed by atoms with Crippen molar-refractivity contribution in [2.24, 2.45) is 4.99 Å². The van der Waals surface area contributed by atoms with Crippen molar-refractivity contribution in [3.8, 4) is 0 Å². The van der Waals surface area contributed by atoms with Gasteiger partial charge in [0.2, 0.25) is 0 Å².